The average molecular weight is 884 g/mol. The number of hydrogen-bond donors (Lipinski definition) is 1. The molecule has 0 radical (unpaired) electrons. The molecule has 4 heterocycles. The summed E-state index contributed by atoms with van der Waals surface area (Å²) in [5, 5.41) is 2.95. The molecule has 12 heteroatoms. The Hall–Kier alpha value is -5.52. The van der Waals surface area contributed by atoms with Crippen LogP contribution in [0.25, 0.3) is 27.8 Å². The fourth-order valence-corrected chi connectivity index (χ4v) is 11.9. The predicted octanol–water partition coefficient (Wildman–Crippen LogP) is 9.44. The molecule has 10 rings (SSSR count). The molecule has 0 aromatic heterocycles. The van der Waals surface area contributed by atoms with Crippen molar-refractivity contribution in [1.29, 1.82) is 0 Å². The fourth-order valence-electron chi connectivity index (χ4n) is 11.9. The van der Waals surface area contributed by atoms with Crippen molar-refractivity contribution < 1.29 is 32.7 Å². The summed E-state index contributed by atoms with van der Waals surface area (Å²) in [4.78, 5) is 66.8. The van der Waals surface area contributed by atoms with E-state index >= 15 is 8.78 Å². The van der Waals surface area contributed by atoms with Crippen LogP contribution in [0.4, 0.5) is 14.5 Å². The van der Waals surface area contributed by atoms with E-state index in [9.17, 15) is 19.2 Å². The first-order chi connectivity index (χ1) is 31.1. The number of aliphatic imine (C=N–C) groups is 2. The van der Waals surface area contributed by atoms with Gasteiger partial charge >= 0.3 is 5.97 Å². The largest absolute Gasteiger partial charge is 0.469 e. The van der Waals surface area contributed by atoms with Crippen molar-refractivity contribution >= 4 is 46.4 Å². The first-order valence-corrected chi connectivity index (χ1v) is 23.7. The minimum Gasteiger partial charge on any atom is -0.469 e. The molecule has 4 aliphatic heterocycles. The van der Waals surface area contributed by atoms with Gasteiger partial charge in [0.15, 0.2) is 0 Å². The van der Waals surface area contributed by atoms with E-state index in [1.165, 1.54) is 7.11 Å². The van der Waals surface area contributed by atoms with E-state index in [1.807, 2.05) is 61.8 Å². The quantitative estimate of drug-likeness (QED) is 0.182. The van der Waals surface area contributed by atoms with Gasteiger partial charge in [-0.2, -0.15) is 8.78 Å². The number of benzene rings is 3. The highest BCUT2D eigenvalue weighted by atomic mass is 19.3. The van der Waals surface area contributed by atoms with E-state index < -0.39 is 17.9 Å². The number of alkyl halides is 2. The summed E-state index contributed by atoms with van der Waals surface area (Å²) in [5.74, 6) is -4.10. The molecule has 2 saturated heterocycles. The van der Waals surface area contributed by atoms with Gasteiger partial charge in [-0.15, -0.1) is 0 Å². The Labute approximate surface area is 380 Å². The van der Waals surface area contributed by atoms with E-state index in [2.05, 4.69) is 11.4 Å². The Balaban J connectivity index is 0.846. The van der Waals surface area contributed by atoms with Crippen molar-refractivity contribution in [1.82, 2.24) is 15.1 Å². The molecule has 1 N–H and O–H groups in total. The second kappa shape index (κ2) is 16.1. The van der Waals surface area contributed by atoms with Gasteiger partial charge in [-0.3, -0.25) is 29.2 Å². The van der Waals surface area contributed by atoms with E-state index in [4.69, 9.17) is 14.7 Å². The Morgan fingerprint density at radius 1 is 0.862 bits per heavy atom. The van der Waals surface area contributed by atoms with Gasteiger partial charge in [0.1, 0.15) is 6.04 Å². The Bertz CT molecular complexity index is 2610. The molecule has 1 spiro atoms. The molecule has 2 saturated carbocycles. The maximum atomic E-state index is 16.7. The van der Waals surface area contributed by atoms with Crippen LogP contribution in [0.1, 0.15) is 115 Å². The number of ether oxygens (including phenoxy) is 1. The van der Waals surface area contributed by atoms with E-state index in [0.717, 1.165) is 72.3 Å². The van der Waals surface area contributed by atoms with Crippen LogP contribution in [0.3, 0.4) is 0 Å². The monoisotopic (exact) mass is 883 g/mol. The number of methoxy groups -OCH3 is 1. The molecule has 3 amide bonds. The number of nitrogens with zero attached hydrogens (tertiary/aromatic N) is 4. The second-order valence-electron chi connectivity index (χ2n) is 20.5. The fraction of sp³-hybridized carbons (Fsp3) is 0.509. The molecule has 10 nitrogen and oxygen atoms in total. The standard InChI is InChI=1S/C53H59F2N5O5/c1-7-46(61)58-48(29(4)5)51(64)59-27-52(16-17-52)25-45(59)43-23-35(26-56-43)32-10-14-38-37-13-9-31(20-40(37)53(54,55)41(38)21-32)30-11-15-42-34(18-30)22-44(57-42)49-33-8-12-36(19-33)60(49)50(63)39(28(2)3)24-47(62)65-6/h9-11,13-15,18,20-21,26,28-29,33,36,39,45,48-49H,7-8,12,16-17,19,22-25,27H2,1-6H3,(H,58,61)/t33-,36+,39-,45+,48-,49-/m0/s1. The summed E-state index contributed by atoms with van der Waals surface area (Å²) >= 11 is 0. The van der Waals surface area contributed by atoms with Crippen LogP contribution in [-0.4, -0.2) is 82.7 Å². The number of carbonyl (C=O) groups excluding carboxylic acids is 4. The molecule has 6 atom stereocenters. The van der Waals surface area contributed by atoms with E-state index in [1.54, 1.807) is 37.4 Å². The van der Waals surface area contributed by atoms with Gasteiger partial charge < -0.3 is 19.9 Å². The molecular weight excluding hydrogens is 825 g/mol. The third kappa shape index (κ3) is 7.43. The van der Waals surface area contributed by atoms with Gasteiger partial charge in [0, 0.05) is 60.6 Å². The van der Waals surface area contributed by atoms with Crippen LogP contribution in [0.15, 0.2) is 70.8 Å². The average Bonchev–Trinajstić information content (AvgIpc) is 3.95. The number of rotatable bonds is 12. The highest BCUT2D eigenvalue weighted by Gasteiger charge is 2.56. The van der Waals surface area contributed by atoms with Crippen molar-refractivity contribution in [2.75, 3.05) is 13.7 Å². The first-order valence-electron chi connectivity index (χ1n) is 23.7. The molecule has 65 heavy (non-hydrogen) atoms. The molecule has 3 aromatic rings. The van der Waals surface area contributed by atoms with Crippen molar-refractivity contribution in [3.63, 3.8) is 0 Å². The van der Waals surface area contributed by atoms with Crippen molar-refractivity contribution in [3.8, 4) is 22.3 Å². The van der Waals surface area contributed by atoms with Crippen LogP contribution in [-0.2, 0) is 36.3 Å². The van der Waals surface area contributed by atoms with Gasteiger partial charge in [-0.1, -0.05) is 65.0 Å². The number of esters is 1. The minimum atomic E-state index is -3.23. The van der Waals surface area contributed by atoms with E-state index in [0.29, 0.717) is 54.0 Å². The molecule has 7 aliphatic rings. The lowest BCUT2D eigenvalue weighted by molar-refractivity contribution is -0.149. The normalized spacial score (nSPS) is 24.7. The summed E-state index contributed by atoms with van der Waals surface area (Å²) in [7, 11) is 1.35. The van der Waals surface area contributed by atoms with Gasteiger partial charge in [-0.25, -0.2) is 0 Å². The first kappa shape index (κ1) is 43.4. The van der Waals surface area contributed by atoms with Crippen LogP contribution >= 0.6 is 0 Å². The summed E-state index contributed by atoms with van der Waals surface area (Å²) < 4.78 is 38.4. The third-order valence-corrected chi connectivity index (χ3v) is 15.8. The SMILES string of the molecule is CCC(=O)N[C@H](C(=O)N1CC2(CC2)C[C@@H]1C1=NC=C(c2ccc3c(c2)C(F)(F)c2cc(-c4ccc5c(c4)CC([C@@H]4[C@H]6CC[C@H](C6)N4C(=O)[C@@H](CC(=O)OC)C(C)C)=N5)ccc2-3)C1)C(C)C. The summed E-state index contributed by atoms with van der Waals surface area (Å²) in [6, 6.07) is 15.8. The predicted molar refractivity (Wildman–Crippen MR) is 247 cm³/mol. The number of piperidine rings is 1. The number of carbonyl (C=O) groups is 4. The summed E-state index contributed by atoms with van der Waals surface area (Å²) in [6.45, 7) is 10.3. The maximum absolute atomic E-state index is 16.7. The van der Waals surface area contributed by atoms with Crippen LogP contribution in [0.5, 0.6) is 0 Å². The summed E-state index contributed by atoms with van der Waals surface area (Å²) in [6.07, 6.45) is 9.03. The van der Waals surface area contributed by atoms with Crippen LogP contribution in [0.2, 0.25) is 0 Å². The number of hydrogen-bond acceptors (Lipinski definition) is 7. The summed E-state index contributed by atoms with van der Waals surface area (Å²) in [5.41, 5.74) is 7.80. The van der Waals surface area contributed by atoms with Crippen LogP contribution in [0, 0.1) is 29.1 Å². The number of halogens is 2. The number of amides is 3. The molecule has 0 unspecified atom stereocenters. The minimum absolute atomic E-state index is 0.00150. The molecule has 2 bridgehead atoms. The Morgan fingerprint density at radius 2 is 1.55 bits per heavy atom. The van der Waals surface area contributed by atoms with Gasteiger partial charge in [0.05, 0.1) is 37.2 Å². The highest BCUT2D eigenvalue weighted by Crippen LogP contribution is 2.56. The number of fused-ring (bicyclic) bond motifs is 6. The van der Waals surface area contributed by atoms with Gasteiger partial charge in [0.25, 0.3) is 5.92 Å². The molecule has 3 aliphatic carbocycles. The van der Waals surface area contributed by atoms with Crippen LogP contribution < -0.4 is 5.32 Å². The van der Waals surface area contributed by atoms with E-state index in [-0.39, 0.29) is 76.6 Å². The highest BCUT2D eigenvalue weighted by molar-refractivity contribution is 6.05. The maximum Gasteiger partial charge on any atom is 0.306 e. The lowest BCUT2D eigenvalue weighted by Gasteiger charge is -2.38. The van der Waals surface area contributed by atoms with Crippen molar-refractivity contribution in [2.45, 2.75) is 129 Å². The number of allylic oxidation sites excluding steroid dienone is 1. The number of likely N-dealkylation sites (tertiary alicyclic amines) is 2. The molecule has 340 valence electrons. The van der Waals surface area contributed by atoms with Crippen molar-refractivity contribution in [3.05, 3.63) is 83.1 Å². The van der Waals surface area contributed by atoms with Crippen molar-refractivity contribution in [2.24, 2.45) is 39.1 Å². The Morgan fingerprint density at radius 3 is 2.23 bits per heavy atom. The Kier molecular flexibility index (Phi) is 10.8. The molecule has 3 aromatic carbocycles. The zero-order chi connectivity index (χ0) is 45.7. The lowest BCUT2D eigenvalue weighted by Crippen LogP contribution is -2.53. The second-order valence-corrected chi connectivity index (χ2v) is 20.5. The molecular formula is C53H59F2N5O5. The third-order valence-electron chi connectivity index (χ3n) is 15.8. The zero-order valence-electron chi connectivity index (χ0n) is 38.3. The zero-order valence-corrected chi connectivity index (χ0v) is 38.3. The van der Waals surface area contributed by atoms with Gasteiger partial charge in [0.2, 0.25) is 17.7 Å². The lowest BCUT2D eigenvalue weighted by atomic mass is 9.87. The van der Waals surface area contributed by atoms with Gasteiger partial charge in [-0.05, 0) is 125 Å². The molecule has 4 fully saturated rings. The number of nitrogens with one attached hydrogen (secondary N) is 1. The topological polar surface area (TPSA) is 121 Å². The smallest absolute Gasteiger partial charge is 0.306 e.